The van der Waals surface area contributed by atoms with Gasteiger partial charge in [-0.1, -0.05) is 52.9 Å². The third kappa shape index (κ3) is 5.65. The number of hydrogen-bond donors (Lipinski definition) is 1. The number of tetrazole rings is 1. The summed E-state index contributed by atoms with van der Waals surface area (Å²) in [5.74, 6) is 1.41. The van der Waals surface area contributed by atoms with Crippen LogP contribution in [0.1, 0.15) is 24.5 Å². The van der Waals surface area contributed by atoms with Crippen molar-refractivity contribution in [2.75, 3.05) is 12.4 Å². The SMILES string of the molecule is CCCn1nnc(NCc2cc(Cl)c(OCc3ccc(Cl)cc3Cl)c(OC)c2)n1. The third-order valence-corrected chi connectivity index (χ3v) is 4.87. The van der Waals surface area contributed by atoms with Gasteiger partial charge in [0.05, 0.1) is 18.7 Å². The number of aromatic nitrogens is 4. The first kappa shape index (κ1) is 21.5. The second-order valence-corrected chi connectivity index (χ2v) is 7.45. The number of benzene rings is 2. The van der Waals surface area contributed by atoms with E-state index in [9.17, 15) is 0 Å². The lowest BCUT2D eigenvalue weighted by Gasteiger charge is -2.15. The van der Waals surface area contributed by atoms with E-state index in [2.05, 4.69) is 27.7 Å². The van der Waals surface area contributed by atoms with Crippen LogP contribution in [0.25, 0.3) is 0 Å². The highest BCUT2D eigenvalue weighted by molar-refractivity contribution is 6.35. The summed E-state index contributed by atoms with van der Waals surface area (Å²) >= 11 is 18.6. The molecule has 0 spiro atoms. The molecule has 3 rings (SSSR count). The second kappa shape index (κ2) is 10.0. The molecule has 10 heteroatoms. The van der Waals surface area contributed by atoms with Crippen LogP contribution in [0.15, 0.2) is 30.3 Å². The Balaban J connectivity index is 1.69. The largest absolute Gasteiger partial charge is 0.493 e. The van der Waals surface area contributed by atoms with Crippen molar-refractivity contribution in [2.45, 2.75) is 33.0 Å². The molecule has 0 saturated carbocycles. The van der Waals surface area contributed by atoms with Crippen LogP contribution in [0.2, 0.25) is 15.1 Å². The van der Waals surface area contributed by atoms with E-state index in [1.807, 2.05) is 12.1 Å². The van der Waals surface area contributed by atoms with Crippen molar-refractivity contribution in [3.05, 3.63) is 56.5 Å². The first-order valence-corrected chi connectivity index (χ1v) is 10.1. The summed E-state index contributed by atoms with van der Waals surface area (Å²) in [6.45, 7) is 3.46. The highest BCUT2D eigenvalue weighted by Gasteiger charge is 2.14. The van der Waals surface area contributed by atoms with E-state index < -0.39 is 0 Å². The van der Waals surface area contributed by atoms with E-state index in [1.54, 1.807) is 30.1 Å². The van der Waals surface area contributed by atoms with Crippen molar-refractivity contribution in [3.8, 4) is 11.5 Å². The van der Waals surface area contributed by atoms with Crippen molar-refractivity contribution < 1.29 is 9.47 Å². The zero-order valence-corrected chi connectivity index (χ0v) is 18.2. The highest BCUT2D eigenvalue weighted by Crippen LogP contribution is 2.37. The minimum Gasteiger partial charge on any atom is -0.493 e. The Morgan fingerprint density at radius 1 is 1.10 bits per heavy atom. The van der Waals surface area contributed by atoms with Crippen molar-refractivity contribution in [3.63, 3.8) is 0 Å². The minimum atomic E-state index is 0.230. The number of nitrogens with zero attached hydrogens (tertiary/aromatic N) is 4. The third-order valence-electron chi connectivity index (χ3n) is 4.00. The van der Waals surface area contributed by atoms with Crippen molar-refractivity contribution in [2.24, 2.45) is 0 Å². The molecule has 154 valence electrons. The van der Waals surface area contributed by atoms with Gasteiger partial charge in [-0.3, -0.25) is 0 Å². The molecular weight excluding hydrogens is 437 g/mol. The molecule has 0 aliphatic heterocycles. The van der Waals surface area contributed by atoms with Crippen molar-refractivity contribution in [1.82, 2.24) is 20.2 Å². The predicted molar refractivity (Wildman–Crippen MR) is 114 cm³/mol. The first-order chi connectivity index (χ1) is 14.0. The Morgan fingerprint density at radius 2 is 1.93 bits per heavy atom. The van der Waals surface area contributed by atoms with Crippen LogP contribution in [0, 0.1) is 0 Å². The first-order valence-electron chi connectivity index (χ1n) is 8.95. The molecule has 29 heavy (non-hydrogen) atoms. The lowest BCUT2D eigenvalue weighted by molar-refractivity contribution is 0.284. The molecule has 0 fully saturated rings. The van der Waals surface area contributed by atoms with Crippen LogP contribution in [0.3, 0.4) is 0 Å². The Bertz CT molecular complexity index is 980. The smallest absolute Gasteiger partial charge is 0.263 e. The Hall–Kier alpha value is -2.22. The number of ether oxygens (including phenoxy) is 2. The van der Waals surface area contributed by atoms with Crippen LogP contribution < -0.4 is 14.8 Å². The molecule has 0 amide bonds. The molecule has 0 radical (unpaired) electrons. The summed E-state index contributed by atoms with van der Waals surface area (Å²) < 4.78 is 11.3. The fourth-order valence-electron chi connectivity index (χ4n) is 2.59. The summed E-state index contributed by atoms with van der Waals surface area (Å²) in [4.78, 5) is 1.55. The van der Waals surface area contributed by atoms with E-state index in [0.29, 0.717) is 39.1 Å². The van der Waals surface area contributed by atoms with Crippen LogP contribution in [0.5, 0.6) is 11.5 Å². The normalized spacial score (nSPS) is 10.8. The molecule has 0 aliphatic rings. The maximum atomic E-state index is 6.44. The van der Waals surface area contributed by atoms with E-state index in [4.69, 9.17) is 44.3 Å². The van der Waals surface area contributed by atoms with Crippen LogP contribution >= 0.6 is 34.8 Å². The van der Waals surface area contributed by atoms with Gasteiger partial charge < -0.3 is 14.8 Å². The number of methoxy groups -OCH3 is 1. The average Bonchev–Trinajstić information content (AvgIpc) is 3.14. The van der Waals surface area contributed by atoms with E-state index in [0.717, 1.165) is 24.1 Å². The maximum Gasteiger partial charge on any atom is 0.263 e. The molecule has 1 aromatic heterocycles. The summed E-state index contributed by atoms with van der Waals surface area (Å²) in [6, 6.07) is 8.87. The predicted octanol–water partition coefficient (Wildman–Crippen LogP) is 5.24. The van der Waals surface area contributed by atoms with E-state index in [1.165, 1.54) is 0 Å². The molecule has 7 nitrogen and oxygen atoms in total. The number of aryl methyl sites for hydroxylation is 1. The van der Waals surface area contributed by atoms with Gasteiger partial charge >= 0.3 is 0 Å². The van der Waals surface area contributed by atoms with Gasteiger partial charge in [-0.25, -0.2) is 0 Å². The zero-order valence-electron chi connectivity index (χ0n) is 16.0. The Kier molecular flexibility index (Phi) is 7.41. The Morgan fingerprint density at radius 3 is 2.66 bits per heavy atom. The van der Waals surface area contributed by atoms with Crippen LogP contribution in [-0.2, 0) is 19.7 Å². The molecule has 1 N–H and O–H groups in total. The molecule has 3 aromatic rings. The van der Waals surface area contributed by atoms with E-state index in [-0.39, 0.29) is 6.61 Å². The monoisotopic (exact) mass is 455 g/mol. The topological polar surface area (TPSA) is 74.1 Å². The van der Waals surface area contributed by atoms with Gasteiger partial charge in [0.25, 0.3) is 5.95 Å². The second-order valence-electron chi connectivity index (χ2n) is 6.20. The molecular formula is C19H20Cl3N5O2. The molecule has 0 saturated heterocycles. The molecule has 1 heterocycles. The van der Waals surface area contributed by atoms with Gasteiger partial charge in [0, 0.05) is 22.2 Å². The van der Waals surface area contributed by atoms with Gasteiger partial charge in [0.15, 0.2) is 11.5 Å². The lowest BCUT2D eigenvalue weighted by atomic mass is 10.2. The number of hydrogen-bond acceptors (Lipinski definition) is 6. The Labute approximate surface area is 183 Å². The number of halogens is 3. The summed E-state index contributed by atoms with van der Waals surface area (Å²) in [5.41, 5.74) is 1.68. The van der Waals surface area contributed by atoms with Crippen molar-refractivity contribution in [1.29, 1.82) is 0 Å². The molecule has 0 atom stereocenters. The number of nitrogens with one attached hydrogen (secondary N) is 1. The quantitative estimate of drug-likeness (QED) is 0.474. The van der Waals surface area contributed by atoms with Gasteiger partial charge in [-0.2, -0.15) is 4.80 Å². The van der Waals surface area contributed by atoms with Gasteiger partial charge in [-0.15, -0.1) is 5.10 Å². The molecule has 0 unspecified atom stereocenters. The average molecular weight is 457 g/mol. The molecule has 0 aliphatic carbocycles. The standard InChI is InChI=1S/C19H20Cl3N5O2/c1-3-6-27-25-19(24-26-27)23-10-12-7-16(22)18(17(8-12)28-2)29-11-13-4-5-14(20)9-15(13)21/h4-5,7-9H,3,6,10-11H2,1-2H3,(H,23,25). The van der Waals surface area contributed by atoms with Gasteiger partial charge in [0.1, 0.15) is 6.61 Å². The van der Waals surface area contributed by atoms with Crippen LogP contribution in [-0.4, -0.2) is 27.3 Å². The summed E-state index contributed by atoms with van der Waals surface area (Å²) in [7, 11) is 1.56. The van der Waals surface area contributed by atoms with Crippen LogP contribution in [0.4, 0.5) is 5.95 Å². The molecule has 0 bridgehead atoms. The summed E-state index contributed by atoms with van der Waals surface area (Å²) in [5, 5.41) is 16.8. The van der Waals surface area contributed by atoms with Gasteiger partial charge in [0.2, 0.25) is 0 Å². The van der Waals surface area contributed by atoms with Gasteiger partial charge in [-0.05, 0) is 41.5 Å². The highest BCUT2D eigenvalue weighted by atomic mass is 35.5. The maximum absolute atomic E-state index is 6.44. The lowest BCUT2D eigenvalue weighted by Crippen LogP contribution is -2.05. The zero-order chi connectivity index (χ0) is 20.8. The van der Waals surface area contributed by atoms with E-state index >= 15 is 0 Å². The minimum absolute atomic E-state index is 0.230. The molecule has 2 aromatic carbocycles. The number of anilines is 1. The fraction of sp³-hybridized carbons (Fsp3) is 0.316. The fourth-order valence-corrected chi connectivity index (χ4v) is 3.34. The summed E-state index contributed by atoms with van der Waals surface area (Å²) in [6.07, 6.45) is 0.936. The van der Waals surface area contributed by atoms with Crippen molar-refractivity contribution >= 4 is 40.8 Å². The number of rotatable bonds is 9.